The minimum absolute atomic E-state index is 0.621. The Balaban J connectivity index is 2.02. The molecule has 27 heavy (non-hydrogen) atoms. The van der Waals surface area contributed by atoms with E-state index in [0.717, 1.165) is 17.6 Å². The molecule has 3 nitrogen and oxygen atoms in total. The van der Waals surface area contributed by atoms with Gasteiger partial charge >= 0.3 is 0 Å². The first kappa shape index (κ1) is 16.4. The molecule has 2 aromatic carbocycles. The van der Waals surface area contributed by atoms with E-state index in [-0.39, 0.29) is 0 Å². The van der Waals surface area contributed by atoms with Crippen molar-refractivity contribution < 1.29 is 8.98 Å². The summed E-state index contributed by atoms with van der Waals surface area (Å²) in [6.45, 7) is 6.73. The summed E-state index contributed by atoms with van der Waals surface area (Å²) in [4.78, 5) is 0. The molecule has 0 bridgehead atoms. The summed E-state index contributed by atoms with van der Waals surface area (Å²) < 4.78 is 10.9. The van der Waals surface area contributed by atoms with Gasteiger partial charge in [0.2, 0.25) is 5.52 Å². The number of pyridine rings is 1. The maximum Gasteiger partial charge on any atom is 0.216 e. The second-order valence-corrected chi connectivity index (χ2v) is 8.27. The Hall–Kier alpha value is -2.81. The van der Waals surface area contributed by atoms with Crippen LogP contribution in [0.3, 0.4) is 0 Å². The zero-order valence-electron chi connectivity index (χ0n) is 16.6. The van der Waals surface area contributed by atoms with E-state index in [1.165, 1.54) is 43.7 Å². The first-order valence-electron chi connectivity index (χ1n) is 9.66. The Morgan fingerprint density at radius 1 is 1.04 bits per heavy atom. The number of nitrogens with zero attached hydrogens (tertiary/aromatic N) is 2. The molecule has 0 fully saturated rings. The number of benzene rings is 2. The van der Waals surface area contributed by atoms with Gasteiger partial charge in [0.1, 0.15) is 18.2 Å². The van der Waals surface area contributed by atoms with Crippen LogP contribution in [0.15, 0.2) is 47.1 Å². The van der Waals surface area contributed by atoms with Crippen LogP contribution >= 0.6 is 0 Å². The molecule has 136 valence electrons. The molecule has 0 aliphatic rings. The third-order valence-corrected chi connectivity index (χ3v) is 5.73. The highest BCUT2D eigenvalue weighted by atomic mass is 16.3. The number of aryl methyl sites for hydroxylation is 3. The van der Waals surface area contributed by atoms with Gasteiger partial charge in [0.15, 0.2) is 6.20 Å². The van der Waals surface area contributed by atoms with Crippen molar-refractivity contribution in [2.45, 2.75) is 27.2 Å². The van der Waals surface area contributed by atoms with Crippen LogP contribution in [0.5, 0.6) is 0 Å². The van der Waals surface area contributed by atoms with Crippen molar-refractivity contribution in [1.82, 2.24) is 4.57 Å². The van der Waals surface area contributed by atoms with E-state index in [9.17, 15) is 0 Å². The summed E-state index contributed by atoms with van der Waals surface area (Å²) in [5.41, 5.74) is 7.08. The van der Waals surface area contributed by atoms with E-state index in [4.69, 9.17) is 4.42 Å². The maximum absolute atomic E-state index is 6.50. The van der Waals surface area contributed by atoms with E-state index < -0.39 is 0 Å². The average Bonchev–Trinajstić information content (AvgIpc) is 2.97. The zero-order chi connectivity index (χ0) is 18.9. The van der Waals surface area contributed by atoms with Gasteiger partial charge in [0.25, 0.3) is 0 Å². The lowest BCUT2D eigenvalue weighted by Crippen LogP contribution is -2.25. The molecule has 5 rings (SSSR count). The lowest BCUT2D eigenvalue weighted by Gasteiger charge is -2.16. The van der Waals surface area contributed by atoms with Crippen LogP contribution in [0.1, 0.15) is 25.0 Å². The molecule has 0 aliphatic carbocycles. The predicted octanol–water partition coefficient (Wildman–Crippen LogP) is 5.56. The summed E-state index contributed by atoms with van der Waals surface area (Å²) in [6.07, 6.45) is 5.36. The van der Waals surface area contributed by atoms with E-state index in [0.29, 0.717) is 5.92 Å². The average molecular weight is 357 g/mol. The molecule has 0 spiro atoms. The van der Waals surface area contributed by atoms with Crippen LogP contribution in [0.2, 0.25) is 0 Å². The minimum atomic E-state index is 0.621. The SMILES string of the molecule is Cc1c2c(cc3cc[n+](C)c13)oc1cc(CC(C)C)cc3ccn(C)c2c31. The monoisotopic (exact) mass is 357 g/mol. The molecule has 3 heteroatoms. The fourth-order valence-electron chi connectivity index (χ4n) is 4.65. The van der Waals surface area contributed by atoms with Crippen LogP contribution in [-0.4, -0.2) is 4.57 Å². The lowest BCUT2D eigenvalue weighted by atomic mass is 9.97. The second-order valence-electron chi connectivity index (χ2n) is 8.27. The standard InChI is InChI=1S/C24H25N2O/c1-14(2)10-16-11-17-6-8-26(5)24-21-15(3)23-18(7-9-25(23)4)13-20(21)27-19(12-16)22(17)24/h6-9,11-14H,10H2,1-5H3/q+1. The molecule has 0 aliphatic heterocycles. The van der Waals surface area contributed by atoms with Crippen molar-refractivity contribution in [2.75, 3.05) is 0 Å². The molecule has 0 N–H and O–H groups in total. The van der Waals surface area contributed by atoms with Crippen molar-refractivity contribution >= 4 is 43.7 Å². The molecule has 3 aromatic heterocycles. The van der Waals surface area contributed by atoms with E-state index in [1.807, 2.05) is 0 Å². The van der Waals surface area contributed by atoms with E-state index in [2.05, 4.69) is 86.7 Å². The van der Waals surface area contributed by atoms with Crippen molar-refractivity contribution in [3.63, 3.8) is 0 Å². The summed E-state index contributed by atoms with van der Waals surface area (Å²) in [7, 11) is 4.24. The quantitative estimate of drug-likeness (QED) is 0.230. The third-order valence-electron chi connectivity index (χ3n) is 5.73. The zero-order valence-corrected chi connectivity index (χ0v) is 16.6. The van der Waals surface area contributed by atoms with Gasteiger partial charge in [-0.05, 0) is 48.4 Å². The topological polar surface area (TPSA) is 21.9 Å². The third kappa shape index (κ3) is 2.31. The van der Waals surface area contributed by atoms with Crippen molar-refractivity contribution in [3.05, 3.63) is 53.9 Å². The molecule has 0 unspecified atom stereocenters. The number of fused-ring (bicyclic) bond motifs is 3. The van der Waals surface area contributed by atoms with Gasteiger partial charge in [-0.1, -0.05) is 19.9 Å². The van der Waals surface area contributed by atoms with Gasteiger partial charge < -0.3 is 8.98 Å². The Bertz CT molecular complexity index is 1350. The molecular formula is C24H25N2O+. The smallest absolute Gasteiger partial charge is 0.216 e. The van der Waals surface area contributed by atoms with E-state index in [1.54, 1.807) is 0 Å². The highest BCUT2D eigenvalue weighted by molar-refractivity contribution is 6.18. The first-order chi connectivity index (χ1) is 12.9. The summed E-state index contributed by atoms with van der Waals surface area (Å²) in [5, 5.41) is 4.91. The Labute approximate surface area is 158 Å². The van der Waals surface area contributed by atoms with Gasteiger partial charge in [0, 0.05) is 30.3 Å². The number of hydrogen-bond acceptors (Lipinski definition) is 1. The minimum Gasteiger partial charge on any atom is -0.456 e. The number of hydrogen-bond donors (Lipinski definition) is 0. The van der Waals surface area contributed by atoms with Gasteiger partial charge in [0.05, 0.1) is 16.3 Å². The normalized spacial score (nSPS) is 12.4. The Morgan fingerprint density at radius 2 is 1.81 bits per heavy atom. The van der Waals surface area contributed by atoms with E-state index >= 15 is 0 Å². The van der Waals surface area contributed by atoms with Crippen LogP contribution < -0.4 is 4.57 Å². The van der Waals surface area contributed by atoms with Crippen molar-refractivity contribution in [3.8, 4) is 0 Å². The van der Waals surface area contributed by atoms with Crippen LogP contribution in [0.25, 0.3) is 43.7 Å². The Kier molecular flexibility index (Phi) is 3.39. The van der Waals surface area contributed by atoms with Crippen LogP contribution in [-0.2, 0) is 20.5 Å². The van der Waals surface area contributed by atoms with Crippen molar-refractivity contribution in [1.29, 1.82) is 0 Å². The lowest BCUT2D eigenvalue weighted by molar-refractivity contribution is -0.642. The fourth-order valence-corrected chi connectivity index (χ4v) is 4.65. The Morgan fingerprint density at radius 3 is 2.59 bits per heavy atom. The van der Waals surface area contributed by atoms with Gasteiger partial charge in [-0.2, -0.15) is 0 Å². The summed E-state index contributed by atoms with van der Waals surface area (Å²) in [6, 6.07) is 11.1. The predicted molar refractivity (Wildman–Crippen MR) is 112 cm³/mol. The first-order valence-corrected chi connectivity index (χ1v) is 9.66. The molecule has 0 atom stereocenters. The molecule has 0 radical (unpaired) electrons. The fraction of sp³-hybridized carbons (Fsp3) is 0.292. The largest absolute Gasteiger partial charge is 0.456 e. The molecule has 3 heterocycles. The number of aromatic nitrogens is 2. The second kappa shape index (κ2) is 5.59. The molecular weight excluding hydrogens is 332 g/mol. The molecule has 0 saturated heterocycles. The van der Waals surface area contributed by atoms with Crippen molar-refractivity contribution in [2.24, 2.45) is 20.0 Å². The van der Waals surface area contributed by atoms with Crippen LogP contribution in [0.4, 0.5) is 0 Å². The maximum atomic E-state index is 6.50. The molecule has 0 saturated carbocycles. The molecule has 0 amide bonds. The molecule has 5 aromatic rings. The van der Waals surface area contributed by atoms with Crippen LogP contribution in [0, 0.1) is 12.8 Å². The summed E-state index contributed by atoms with van der Waals surface area (Å²) >= 11 is 0. The van der Waals surface area contributed by atoms with Gasteiger partial charge in [-0.25, -0.2) is 4.57 Å². The summed E-state index contributed by atoms with van der Waals surface area (Å²) in [5.74, 6) is 0.621. The van der Waals surface area contributed by atoms with Gasteiger partial charge in [-0.3, -0.25) is 0 Å². The highest BCUT2D eigenvalue weighted by Gasteiger charge is 2.20. The highest BCUT2D eigenvalue weighted by Crippen LogP contribution is 2.38. The van der Waals surface area contributed by atoms with Gasteiger partial charge in [-0.15, -0.1) is 0 Å². The number of rotatable bonds is 2.